The normalized spacial score (nSPS) is 10.4. The quantitative estimate of drug-likeness (QED) is 0.725. The van der Waals surface area contributed by atoms with Crippen molar-refractivity contribution < 1.29 is 9.53 Å². The maximum absolute atomic E-state index is 12.3. The molecular weight excluding hydrogens is 363 g/mol. The molecule has 0 bridgehead atoms. The summed E-state index contributed by atoms with van der Waals surface area (Å²) in [5.41, 5.74) is 1.37. The number of carbonyl (C=O) groups excluding carboxylic acids is 1. The number of benzene rings is 1. The van der Waals surface area contributed by atoms with Gasteiger partial charge in [0.05, 0.1) is 22.6 Å². The van der Waals surface area contributed by atoms with E-state index in [4.69, 9.17) is 27.9 Å². The minimum atomic E-state index is -0.404. The van der Waals surface area contributed by atoms with Crippen molar-refractivity contribution in [2.75, 3.05) is 5.32 Å². The van der Waals surface area contributed by atoms with Crippen LogP contribution in [0.4, 0.5) is 5.69 Å². The van der Waals surface area contributed by atoms with Gasteiger partial charge in [0.15, 0.2) is 5.75 Å². The van der Waals surface area contributed by atoms with Gasteiger partial charge in [-0.05, 0) is 25.1 Å². The van der Waals surface area contributed by atoms with E-state index in [1.807, 2.05) is 0 Å². The predicted octanol–water partition coefficient (Wildman–Crippen LogP) is 4.53. The molecule has 0 unspecified atom stereocenters. The van der Waals surface area contributed by atoms with Crippen LogP contribution in [-0.4, -0.2) is 20.9 Å². The molecule has 8 heteroatoms. The lowest BCUT2D eigenvalue weighted by atomic mass is 10.2. The van der Waals surface area contributed by atoms with Gasteiger partial charge in [0.1, 0.15) is 10.7 Å². The van der Waals surface area contributed by atoms with Crippen LogP contribution >= 0.6 is 23.2 Å². The number of nitrogens with zero attached hydrogens (tertiary/aromatic N) is 3. The minimum Gasteiger partial charge on any atom is -0.435 e. The summed E-state index contributed by atoms with van der Waals surface area (Å²) in [7, 11) is 0. The average Bonchev–Trinajstić information content (AvgIpc) is 2.59. The Morgan fingerprint density at radius 2 is 1.88 bits per heavy atom. The highest BCUT2D eigenvalue weighted by Crippen LogP contribution is 2.33. The van der Waals surface area contributed by atoms with Crippen LogP contribution in [0.25, 0.3) is 0 Å². The molecule has 1 aromatic carbocycles. The van der Waals surface area contributed by atoms with E-state index in [1.54, 1.807) is 31.2 Å². The van der Waals surface area contributed by atoms with Crippen LogP contribution in [0.5, 0.6) is 11.6 Å². The number of rotatable bonds is 4. The van der Waals surface area contributed by atoms with E-state index in [2.05, 4.69) is 20.3 Å². The molecule has 6 nitrogen and oxygen atoms in total. The molecule has 2 heterocycles. The van der Waals surface area contributed by atoms with Crippen molar-refractivity contribution in [3.63, 3.8) is 0 Å². The maximum atomic E-state index is 12.3. The van der Waals surface area contributed by atoms with Crippen molar-refractivity contribution in [1.29, 1.82) is 0 Å². The molecule has 0 aliphatic rings. The summed E-state index contributed by atoms with van der Waals surface area (Å²) < 4.78 is 5.70. The number of aromatic nitrogens is 3. The summed E-state index contributed by atoms with van der Waals surface area (Å²) in [5.74, 6) is 0.161. The van der Waals surface area contributed by atoms with Crippen molar-refractivity contribution >= 4 is 34.8 Å². The Morgan fingerprint density at radius 1 is 1.08 bits per heavy atom. The van der Waals surface area contributed by atoms with E-state index >= 15 is 0 Å². The lowest BCUT2D eigenvalue weighted by Crippen LogP contribution is -2.14. The molecule has 1 N–H and O–H groups in total. The number of anilines is 1. The third-order valence-corrected chi connectivity index (χ3v) is 3.61. The summed E-state index contributed by atoms with van der Waals surface area (Å²) in [4.78, 5) is 24.5. The van der Waals surface area contributed by atoms with E-state index < -0.39 is 5.91 Å². The Labute approximate surface area is 153 Å². The smallest absolute Gasteiger partial charge is 0.275 e. The van der Waals surface area contributed by atoms with Crippen LogP contribution in [0.2, 0.25) is 10.0 Å². The third-order valence-electron chi connectivity index (χ3n) is 3.13. The number of halogens is 2. The molecule has 25 heavy (non-hydrogen) atoms. The van der Waals surface area contributed by atoms with E-state index in [0.717, 1.165) is 5.69 Å². The van der Waals surface area contributed by atoms with Gasteiger partial charge < -0.3 is 10.1 Å². The van der Waals surface area contributed by atoms with Gasteiger partial charge in [-0.3, -0.25) is 9.78 Å². The molecule has 0 saturated carbocycles. The summed E-state index contributed by atoms with van der Waals surface area (Å²) >= 11 is 11.9. The number of pyridine rings is 1. The first-order chi connectivity index (χ1) is 12.0. The molecule has 3 aromatic rings. The monoisotopic (exact) mass is 374 g/mol. The number of hydrogen-bond donors (Lipinski definition) is 1. The molecule has 0 spiro atoms. The molecule has 0 fully saturated rings. The van der Waals surface area contributed by atoms with Crippen molar-refractivity contribution in [3.05, 3.63) is 70.4 Å². The topological polar surface area (TPSA) is 77.0 Å². The van der Waals surface area contributed by atoms with Gasteiger partial charge in [-0.2, -0.15) is 0 Å². The largest absolute Gasteiger partial charge is 0.435 e. The number of carbonyl (C=O) groups is 1. The van der Waals surface area contributed by atoms with Gasteiger partial charge in [0.25, 0.3) is 5.91 Å². The summed E-state index contributed by atoms with van der Waals surface area (Å²) in [6, 6.07) is 8.43. The van der Waals surface area contributed by atoms with Crippen LogP contribution in [0.1, 0.15) is 16.2 Å². The first-order valence-corrected chi connectivity index (χ1v) is 7.96. The zero-order valence-corrected chi connectivity index (χ0v) is 14.5. The molecule has 1 amide bonds. The fraction of sp³-hybridized carbons (Fsp3) is 0.0588. The number of hydrogen-bond acceptors (Lipinski definition) is 5. The van der Waals surface area contributed by atoms with Gasteiger partial charge in [0.2, 0.25) is 5.88 Å². The van der Waals surface area contributed by atoms with Gasteiger partial charge in [0, 0.05) is 12.4 Å². The van der Waals surface area contributed by atoms with Gasteiger partial charge in [-0.1, -0.05) is 35.3 Å². The van der Waals surface area contributed by atoms with Gasteiger partial charge >= 0.3 is 0 Å². The van der Waals surface area contributed by atoms with E-state index in [9.17, 15) is 4.79 Å². The Hall–Kier alpha value is -2.70. The highest BCUT2D eigenvalue weighted by Gasteiger charge is 2.13. The SMILES string of the molecule is Cc1cnc(C(=O)Nc2ccccc2Oc2ncc(Cl)cc2Cl)cn1. The van der Waals surface area contributed by atoms with Gasteiger partial charge in [-0.15, -0.1) is 0 Å². The average molecular weight is 375 g/mol. The van der Waals surface area contributed by atoms with Crippen molar-refractivity contribution in [1.82, 2.24) is 15.0 Å². The third kappa shape index (κ3) is 4.23. The first kappa shape index (κ1) is 17.1. The highest BCUT2D eigenvalue weighted by molar-refractivity contribution is 6.35. The van der Waals surface area contributed by atoms with E-state index in [-0.39, 0.29) is 16.6 Å². The molecule has 2 aromatic heterocycles. The summed E-state index contributed by atoms with van der Waals surface area (Å²) in [6.45, 7) is 1.79. The second-order valence-electron chi connectivity index (χ2n) is 5.04. The molecule has 0 atom stereocenters. The minimum absolute atomic E-state index is 0.183. The second-order valence-corrected chi connectivity index (χ2v) is 5.88. The molecule has 0 saturated heterocycles. The molecule has 126 valence electrons. The van der Waals surface area contributed by atoms with Crippen LogP contribution in [0, 0.1) is 6.92 Å². The number of ether oxygens (including phenoxy) is 1. The number of nitrogens with one attached hydrogen (secondary N) is 1. The lowest BCUT2D eigenvalue weighted by Gasteiger charge is -2.12. The molecule has 0 aliphatic carbocycles. The molecule has 3 rings (SSSR count). The predicted molar refractivity (Wildman–Crippen MR) is 95.5 cm³/mol. The summed E-state index contributed by atoms with van der Waals surface area (Å²) in [5, 5.41) is 3.40. The standard InChI is InChI=1S/C17H12Cl2N4O2/c1-10-7-21-14(9-20-10)16(24)23-13-4-2-3-5-15(13)25-17-12(19)6-11(18)8-22-17/h2-9H,1H3,(H,23,24). The lowest BCUT2D eigenvalue weighted by molar-refractivity contribution is 0.102. The van der Waals surface area contributed by atoms with Crippen LogP contribution in [0.15, 0.2) is 48.9 Å². The molecule has 0 aliphatic heterocycles. The zero-order chi connectivity index (χ0) is 17.8. The fourth-order valence-corrected chi connectivity index (χ4v) is 2.36. The molecule has 0 radical (unpaired) electrons. The highest BCUT2D eigenvalue weighted by atomic mass is 35.5. The van der Waals surface area contributed by atoms with Crippen molar-refractivity contribution in [2.45, 2.75) is 6.92 Å². The zero-order valence-electron chi connectivity index (χ0n) is 13.0. The van der Waals surface area contributed by atoms with Gasteiger partial charge in [-0.25, -0.2) is 9.97 Å². The number of para-hydroxylation sites is 2. The Morgan fingerprint density at radius 3 is 2.60 bits per heavy atom. The Balaban J connectivity index is 1.83. The molecular formula is C17H12Cl2N4O2. The first-order valence-electron chi connectivity index (χ1n) is 7.21. The second kappa shape index (κ2) is 7.46. The number of amides is 1. The van der Waals surface area contributed by atoms with Crippen molar-refractivity contribution in [2.24, 2.45) is 0 Å². The maximum Gasteiger partial charge on any atom is 0.275 e. The van der Waals surface area contributed by atoms with E-state index in [0.29, 0.717) is 16.5 Å². The summed E-state index contributed by atoms with van der Waals surface area (Å²) in [6.07, 6.45) is 4.35. The number of aryl methyl sites for hydroxylation is 1. The van der Waals surface area contributed by atoms with Crippen molar-refractivity contribution in [3.8, 4) is 11.6 Å². The van der Waals surface area contributed by atoms with E-state index in [1.165, 1.54) is 24.7 Å². The van der Waals surface area contributed by atoms with Crippen LogP contribution in [0.3, 0.4) is 0 Å². The Bertz CT molecular complexity index is 917. The fourth-order valence-electron chi connectivity index (χ4n) is 1.94. The van der Waals surface area contributed by atoms with Crippen LogP contribution < -0.4 is 10.1 Å². The Kier molecular flexibility index (Phi) is 5.11. The van der Waals surface area contributed by atoms with Crippen LogP contribution in [-0.2, 0) is 0 Å².